The SMILES string of the molecule is N#Cc1ccc(Cn2ccnc2)c(Cl)c1. The molecule has 74 valence electrons. The van der Waals surface area contributed by atoms with Gasteiger partial charge in [-0.05, 0) is 17.7 Å². The second-order valence-corrected chi connectivity index (χ2v) is 3.56. The van der Waals surface area contributed by atoms with Crippen LogP contribution in [0.3, 0.4) is 0 Å². The van der Waals surface area contributed by atoms with Crippen molar-refractivity contribution in [1.29, 1.82) is 5.26 Å². The van der Waals surface area contributed by atoms with E-state index in [1.807, 2.05) is 16.8 Å². The highest BCUT2D eigenvalue weighted by molar-refractivity contribution is 6.31. The Kier molecular flexibility index (Phi) is 2.70. The van der Waals surface area contributed by atoms with Crippen LogP contribution in [-0.2, 0) is 6.54 Å². The molecular formula is C11H8ClN3. The first-order valence-corrected chi connectivity index (χ1v) is 4.81. The van der Waals surface area contributed by atoms with Gasteiger partial charge < -0.3 is 4.57 Å². The summed E-state index contributed by atoms with van der Waals surface area (Å²) in [5.41, 5.74) is 1.56. The number of nitrogens with zero attached hydrogens (tertiary/aromatic N) is 3. The number of aromatic nitrogens is 2. The van der Waals surface area contributed by atoms with Crippen molar-refractivity contribution in [2.45, 2.75) is 6.54 Å². The Hall–Kier alpha value is -1.79. The van der Waals surface area contributed by atoms with Crippen molar-refractivity contribution in [2.75, 3.05) is 0 Å². The van der Waals surface area contributed by atoms with Crippen molar-refractivity contribution in [2.24, 2.45) is 0 Å². The maximum absolute atomic E-state index is 8.69. The van der Waals surface area contributed by atoms with Crippen LogP contribution in [0.4, 0.5) is 0 Å². The molecule has 0 aliphatic carbocycles. The van der Waals surface area contributed by atoms with Gasteiger partial charge in [0.25, 0.3) is 0 Å². The molecule has 15 heavy (non-hydrogen) atoms. The van der Waals surface area contributed by atoms with Crippen molar-refractivity contribution < 1.29 is 0 Å². The smallest absolute Gasteiger partial charge is 0.0992 e. The summed E-state index contributed by atoms with van der Waals surface area (Å²) in [4.78, 5) is 3.95. The summed E-state index contributed by atoms with van der Waals surface area (Å²) in [6, 6.07) is 7.35. The van der Waals surface area contributed by atoms with E-state index in [0.717, 1.165) is 5.56 Å². The molecule has 1 heterocycles. The molecule has 1 aromatic heterocycles. The molecule has 2 rings (SSSR count). The summed E-state index contributed by atoms with van der Waals surface area (Å²) in [5.74, 6) is 0. The standard InChI is InChI=1S/C11H8ClN3/c12-11-5-9(6-13)1-2-10(11)7-15-4-3-14-8-15/h1-5,8H,7H2. The predicted octanol–water partition coefficient (Wildman–Crippen LogP) is 2.46. The second-order valence-electron chi connectivity index (χ2n) is 3.15. The fourth-order valence-corrected chi connectivity index (χ4v) is 1.56. The molecule has 0 aliphatic rings. The van der Waals surface area contributed by atoms with Crippen molar-refractivity contribution >= 4 is 11.6 Å². The van der Waals surface area contributed by atoms with Crippen LogP contribution in [0.5, 0.6) is 0 Å². The topological polar surface area (TPSA) is 41.6 Å². The maximum Gasteiger partial charge on any atom is 0.0992 e. The zero-order valence-electron chi connectivity index (χ0n) is 7.89. The predicted molar refractivity (Wildman–Crippen MR) is 57.5 cm³/mol. The van der Waals surface area contributed by atoms with Crippen LogP contribution in [0.2, 0.25) is 5.02 Å². The third kappa shape index (κ3) is 2.17. The minimum atomic E-state index is 0.578. The van der Waals surface area contributed by atoms with E-state index >= 15 is 0 Å². The highest BCUT2D eigenvalue weighted by Gasteiger charge is 2.02. The quantitative estimate of drug-likeness (QED) is 0.776. The van der Waals surface area contributed by atoms with Gasteiger partial charge in [-0.25, -0.2) is 4.98 Å². The Morgan fingerprint density at radius 1 is 1.47 bits per heavy atom. The molecule has 0 saturated heterocycles. The molecule has 4 heteroatoms. The van der Waals surface area contributed by atoms with Crippen LogP contribution in [0.15, 0.2) is 36.9 Å². The number of imidazole rings is 1. The van der Waals surface area contributed by atoms with Gasteiger partial charge in [0, 0.05) is 24.0 Å². The first-order valence-electron chi connectivity index (χ1n) is 4.44. The average molecular weight is 218 g/mol. The monoisotopic (exact) mass is 217 g/mol. The van der Waals surface area contributed by atoms with Crippen LogP contribution in [0, 0.1) is 11.3 Å². The normalized spacial score (nSPS) is 9.87. The Morgan fingerprint density at radius 2 is 2.33 bits per heavy atom. The Morgan fingerprint density at radius 3 is 2.93 bits per heavy atom. The van der Waals surface area contributed by atoms with E-state index in [9.17, 15) is 0 Å². The lowest BCUT2D eigenvalue weighted by molar-refractivity contribution is 0.797. The number of benzene rings is 1. The summed E-state index contributed by atoms with van der Waals surface area (Å²) in [6.45, 7) is 0.671. The number of hydrogen-bond acceptors (Lipinski definition) is 2. The minimum Gasteiger partial charge on any atom is -0.333 e. The first kappa shape index (κ1) is 9.75. The number of rotatable bonds is 2. The van der Waals surface area contributed by atoms with Crippen molar-refractivity contribution in [3.63, 3.8) is 0 Å². The highest BCUT2D eigenvalue weighted by atomic mass is 35.5. The molecular weight excluding hydrogens is 210 g/mol. The molecule has 0 N–H and O–H groups in total. The summed E-state index contributed by atoms with van der Waals surface area (Å²) >= 11 is 6.04. The fourth-order valence-electron chi connectivity index (χ4n) is 1.32. The lowest BCUT2D eigenvalue weighted by Gasteiger charge is -2.04. The van der Waals surface area contributed by atoms with Crippen LogP contribution >= 0.6 is 11.6 Å². The van der Waals surface area contributed by atoms with E-state index in [4.69, 9.17) is 16.9 Å². The van der Waals surface area contributed by atoms with Gasteiger partial charge >= 0.3 is 0 Å². The molecule has 0 fully saturated rings. The molecule has 3 nitrogen and oxygen atoms in total. The molecule has 0 aliphatic heterocycles. The molecule has 0 amide bonds. The van der Waals surface area contributed by atoms with Crippen molar-refractivity contribution in [3.05, 3.63) is 53.1 Å². The van der Waals surface area contributed by atoms with Crippen molar-refractivity contribution in [3.8, 4) is 6.07 Å². The van der Waals surface area contributed by atoms with Gasteiger partial charge in [0.2, 0.25) is 0 Å². The average Bonchev–Trinajstić information content (AvgIpc) is 2.74. The molecule has 1 aromatic carbocycles. The van der Waals surface area contributed by atoms with E-state index in [1.165, 1.54) is 0 Å². The molecule has 0 bridgehead atoms. The van der Waals surface area contributed by atoms with Crippen LogP contribution in [-0.4, -0.2) is 9.55 Å². The third-order valence-corrected chi connectivity index (χ3v) is 2.45. The van der Waals surface area contributed by atoms with Gasteiger partial charge in [0.15, 0.2) is 0 Å². The number of nitriles is 1. The van der Waals surface area contributed by atoms with Crippen LogP contribution in [0.25, 0.3) is 0 Å². The second kappa shape index (κ2) is 4.16. The van der Waals surface area contributed by atoms with E-state index < -0.39 is 0 Å². The molecule has 0 radical (unpaired) electrons. The molecule has 0 saturated carbocycles. The van der Waals surface area contributed by atoms with E-state index in [2.05, 4.69) is 11.1 Å². The maximum atomic E-state index is 8.69. The third-order valence-electron chi connectivity index (χ3n) is 2.09. The Bertz CT molecular complexity index is 497. The summed E-state index contributed by atoms with van der Waals surface area (Å²) in [5, 5.41) is 9.30. The molecule has 0 spiro atoms. The largest absolute Gasteiger partial charge is 0.333 e. The first-order chi connectivity index (χ1) is 7.29. The molecule has 2 aromatic rings. The van der Waals surface area contributed by atoms with Gasteiger partial charge in [0.05, 0.1) is 18.0 Å². The Balaban J connectivity index is 2.27. The lowest BCUT2D eigenvalue weighted by Crippen LogP contribution is -1.97. The van der Waals surface area contributed by atoms with Gasteiger partial charge in [-0.15, -0.1) is 0 Å². The Labute approximate surface area is 92.6 Å². The molecule has 0 atom stereocenters. The van der Waals surface area contributed by atoms with Gasteiger partial charge in [-0.3, -0.25) is 0 Å². The zero-order chi connectivity index (χ0) is 10.7. The number of hydrogen-bond donors (Lipinski definition) is 0. The summed E-state index contributed by atoms with van der Waals surface area (Å²) in [7, 11) is 0. The van der Waals surface area contributed by atoms with E-state index in [1.54, 1.807) is 24.7 Å². The van der Waals surface area contributed by atoms with Gasteiger partial charge in [-0.1, -0.05) is 17.7 Å². The fraction of sp³-hybridized carbons (Fsp3) is 0.0909. The van der Waals surface area contributed by atoms with Gasteiger partial charge in [0.1, 0.15) is 0 Å². The summed E-state index contributed by atoms with van der Waals surface area (Å²) < 4.78 is 1.92. The zero-order valence-corrected chi connectivity index (χ0v) is 8.65. The highest BCUT2D eigenvalue weighted by Crippen LogP contribution is 2.18. The lowest BCUT2D eigenvalue weighted by atomic mass is 10.1. The van der Waals surface area contributed by atoms with Crippen LogP contribution in [0.1, 0.15) is 11.1 Å². The summed E-state index contributed by atoms with van der Waals surface area (Å²) in [6.07, 6.45) is 5.32. The van der Waals surface area contributed by atoms with E-state index in [0.29, 0.717) is 17.1 Å². The van der Waals surface area contributed by atoms with E-state index in [-0.39, 0.29) is 0 Å². The van der Waals surface area contributed by atoms with Gasteiger partial charge in [-0.2, -0.15) is 5.26 Å². The molecule has 0 unspecified atom stereocenters. The van der Waals surface area contributed by atoms with Crippen molar-refractivity contribution in [1.82, 2.24) is 9.55 Å². The van der Waals surface area contributed by atoms with Crippen LogP contribution < -0.4 is 0 Å². The minimum absolute atomic E-state index is 0.578. The number of halogens is 1.